The Balaban J connectivity index is 0. The van der Waals surface area contributed by atoms with Gasteiger partial charge in [-0.15, -0.1) is 0 Å². The molecular formula is C7H12Cl4N4. The van der Waals surface area contributed by atoms with E-state index in [-0.39, 0.29) is 28.3 Å². The first kappa shape index (κ1) is 17.4. The topological polar surface area (TPSA) is 31.0 Å². The van der Waals surface area contributed by atoms with Crippen molar-refractivity contribution >= 4 is 50.7 Å². The van der Waals surface area contributed by atoms with Crippen LogP contribution < -0.4 is 12.4 Å². The van der Waals surface area contributed by atoms with Gasteiger partial charge in [-0.2, -0.15) is 4.99 Å². The third-order valence-electron chi connectivity index (χ3n) is 1.11. The molecule has 0 aliphatic heterocycles. The predicted octanol–water partition coefficient (Wildman–Crippen LogP) is -1.39. The number of aliphatic imine (C=N–C) groups is 2. The minimum Gasteiger partial charge on any atom is -1.00 e. The van der Waals surface area contributed by atoms with Crippen LogP contribution in [-0.2, 0) is 0 Å². The average Bonchev–Trinajstić information content (AvgIpc) is 2.03. The Labute approximate surface area is 111 Å². The van der Waals surface area contributed by atoms with Gasteiger partial charge in [0.2, 0.25) is 5.29 Å². The molecule has 0 rings (SSSR count). The van der Waals surface area contributed by atoms with Crippen molar-refractivity contribution in [2.45, 2.75) is 0 Å². The van der Waals surface area contributed by atoms with Crippen molar-refractivity contribution in [3.8, 4) is 0 Å². The second-order valence-corrected chi connectivity index (χ2v) is 3.83. The van der Waals surface area contributed by atoms with Gasteiger partial charge in [-0.25, -0.2) is 0 Å². The van der Waals surface area contributed by atoms with E-state index in [1.165, 1.54) is 0 Å². The summed E-state index contributed by atoms with van der Waals surface area (Å²) in [5.74, 6) is 0. The van der Waals surface area contributed by atoms with Crippen LogP contribution in [0.25, 0.3) is 0 Å². The molecule has 0 aromatic rings. The van der Waals surface area contributed by atoms with Crippen molar-refractivity contribution in [1.82, 2.24) is 4.90 Å². The van der Waals surface area contributed by atoms with Crippen molar-refractivity contribution in [3.63, 3.8) is 0 Å². The zero-order valence-electron chi connectivity index (χ0n) is 8.80. The number of halogens is 4. The summed E-state index contributed by atoms with van der Waals surface area (Å²) < 4.78 is 1.60. The zero-order chi connectivity index (χ0) is 11.3. The maximum absolute atomic E-state index is 5.72. The Kier molecular flexibility index (Phi) is 9.45. The van der Waals surface area contributed by atoms with Crippen LogP contribution in [0.4, 0.5) is 0 Å². The monoisotopic (exact) mass is 292 g/mol. The molecular weight excluding hydrogens is 282 g/mol. The lowest BCUT2D eigenvalue weighted by molar-refractivity contribution is -0.462. The predicted molar refractivity (Wildman–Crippen MR) is 63.2 cm³/mol. The smallest absolute Gasteiger partial charge is 0.394 e. The summed E-state index contributed by atoms with van der Waals surface area (Å²) in [5, 5.41) is 0.464. The summed E-state index contributed by atoms with van der Waals surface area (Å²) in [6.07, 6.45) is 0. The Morgan fingerprint density at radius 3 is 1.87 bits per heavy atom. The first-order chi connectivity index (χ1) is 6.34. The number of nitrogens with zero attached hydrogens (tertiary/aromatic N) is 4. The third kappa shape index (κ3) is 7.85. The molecule has 0 radical (unpaired) electrons. The van der Waals surface area contributed by atoms with Gasteiger partial charge < -0.3 is 17.3 Å². The first-order valence-corrected chi connectivity index (χ1v) is 4.83. The SMILES string of the molecule is CN(C)/C(Cl)=N/C(Cl)=N/C(Cl)=[N+](C)C.[Cl-]. The highest BCUT2D eigenvalue weighted by molar-refractivity contribution is 6.73. The number of rotatable bonds is 0. The molecule has 0 heterocycles. The largest absolute Gasteiger partial charge is 1.00 e. The van der Waals surface area contributed by atoms with Crippen molar-refractivity contribution in [3.05, 3.63) is 0 Å². The molecule has 0 amide bonds. The van der Waals surface area contributed by atoms with Crippen LogP contribution in [0.2, 0.25) is 0 Å². The highest BCUT2D eigenvalue weighted by atomic mass is 35.5. The van der Waals surface area contributed by atoms with E-state index in [1.807, 2.05) is 0 Å². The molecule has 0 saturated carbocycles. The fourth-order valence-electron chi connectivity index (χ4n) is 0.377. The lowest BCUT2D eigenvalue weighted by atomic mass is 10.9. The van der Waals surface area contributed by atoms with E-state index in [2.05, 4.69) is 9.98 Å². The maximum atomic E-state index is 5.72. The fourth-order valence-corrected chi connectivity index (χ4v) is 0.784. The van der Waals surface area contributed by atoms with E-state index in [0.717, 1.165) is 0 Å². The van der Waals surface area contributed by atoms with Gasteiger partial charge in [0.1, 0.15) is 0 Å². The normalized spacial score (nSPS) is 11.9. The second-order valence-electron chi connectivity index (χ2n) is 2.82. The van der Waals surface area contributed by atoms with Gasteiger partial charge in [0.25, 0.3) is 0 Å². The summed E-state index contributed by atoms with van der Waals surface area (Å²) in [4.78, 5) is 9.18. The van der Waals surface area contributed by atoms with Gasteiger partial charge >= 0.3 is 10.6 Å². The van der Waals surface area contributed by atoms with Crippen LogP contribution in [0.15, 0.2) is 9.98 Å². The number of hydrogen-bond acceptors (Lipinski definition) is 0. The molecule has 0 aliphatic carbocycles. The Hall–Kier alpha value is -0.0300. The number of amidine groups is 3. The molecule has 0 aromatic carbocycles. The Bertz CT molecular complexity index is 291. The molecule has 0 fully saturated rings. The second kappa shape index (κ2) is 8.16. The summed E-state index contributed by atoms with van der Waals surface area (Å²) in [5.41, 5.74) is 0. The molecule has 0 aliphatic rings. The maximum Gasteiger partial charge on any atom is 0.394 e. The minimum absolute atomic E-state index is 0. The summed E-state index contributed by atoms with van der Waals surface area (Å²) in [6.45, 7) is 0. The molecule has 0 aromatic heterocycles. The van der Waals surface area contributed by atoms with Gasteiger partial charge in [0, 0.05) is 30.7 Å². The van der Waals surface area contributed by atoms with E-state index >= 15 is 0 Å². The molecule has 88 valence electrons. The summed E-state index contributed by atoms with van der Waals surface area (Å²) >= 11 is 17.1. The quantitative estimate of drug-likeness (QED) is 0.234. The first-order valence-electron chi connectivity index (χ1n) is 3.70. The molecule has 0 bridgehead atoms. The molecule has 8 heteroatoms. The molecule has 15 heavy (non-hydrogen) atoms. The molecule has 0 saturated heterocycles. The van der Waals surface area contributed by atoms with Crippen molar-refractivity contribution in [2.24, 2.45) is 9.98 Å². The van der Waals surface area contributed by atoms with Gasteiger partial charge in [0.15, 0.2) is 0 Å². The summed E-state index contributed by atoms with van der Waals surface area (Å²) in [6, 6.07) is 0. The lowest BCUT2D eigenvalue weighted by Crippen LogP contribution is -3.00. The molecule has 0 atom stereocenters. The molecule has 0 unspecified atom stereocenters. The molecule has 4 nitrogen and oxygen atoms in total. The fraction of sp³-hybridized carbons (Fsp3) is 0.571. The van der Waals surface area contributed by atoms with E-state index in [9.17, 15) is 0 Å². The molecule has 0 spiro atoms. The lowest BCUT2D eigenvalue weighted by Gasteiger charge is -2.06. The van der Waals surface area contributed by atoms with Gasteiger partial charge in [-0.05, 0) is 23.2 Å². The van der Waals surface area contributed by atoms with E-state index in [0.29, 0.717) is 0 Å². The van der Waals surface area contributed by atoms with Gasteiger partial charge in [-0.3, -0.25) is 4.58 Å². The van der Waals surface area contributed by atoms with Gasteiger partial charge in [-0.1, -0.05) is 0 Å². The van der Waals surface area contributed by atoms with Gasteiger partial charge in [0.05, 0.1) is 14.1 Å². The van der Waals surface area contributed by atoms with Crippen LogP contribution in [-0.4, -0.2) is 53.6 Å². The highest BCUT2D eigenvalue weighted by Gasteiger charge is 2.08. The highest BCUT2D eigenvalue weighted by Crippen LogP contribution is 1.98. The van der Waals surface area contributed by atoms with E-state index in [1.54, 1.807) is 37.7 Å². The summed E-state index contributed by atoms with van der Waals surface area (Å²) in [7, 11) is 6.97. The van der Waals surface area contributed by atoms with Crippen LogP contribution in [0.1, 0.15) is 0 Å². The Morgan fingerprint density at radius 1 is 1.07 bits per heavy atom. The third-order valence-corrected chi connectivity index (χ3v) is 2.12. The van der Waals surface area contributed by atoms with Crippen LogP contribution in [0, 0.1) is 0 Å². The standard InChI is InChI=1S/C7H12Cl3N4.ClH/c1-13(2)6(9)11-5(8)12-7(10)14(3)4;/h1-4H3;1H/q+1;/p-1. The van der Waals surface area contributed by atoms with Crippen molar-refractivity contribution < 1.29 is 17.0 Å². The average molecular weight is 294 g/mol. The minimum atomic E-state index is -0.0117. The zero-order valence-corrected chi connectivity index (χ0v) is 11.8. The van der Waals surface area contributed by atoms with Crippen molar-refractivity contribution in [1.29, 1.82) is 0 Å². The van der Waals surface area contributed by atoms with Crippen LogP contribution >= 0.6 is 34.8 Å². The van der Waals surface area contributed by atoms with E-state index < -0.39 is 0 Å². The van der Waals surface area contributed by atoms with Crippen LogP contribution in [0.3, 0.4) is 0 Å². The molecule has 0 N–H and O–H groups in total. The van der Waals surface area contributed by atoms with Crippen molar-refractivity contribution in [2.75, 3.05) is 28.2 Å². The van der Waals surface area contributed by atoms with Crippen LogP contribution in [0.5, 0.6) is 0 Å². The van der Waals surface area contributed by atoms with E-state index in [4.69, 9.17) is 34.8 Å². The number of hydrogen-bond donors (Lipinski definition) is 0. The Morgan fingerprint density at radius 2 is 1.53 bits per heavy atom.